The number of aromatic nitrogens is 2. The Labute approximate surface area is 148 Å². The van der Waals surface area contributed by atoms with E-state index in [2.05, 4.69) is 20.7 Å². The Bertz CT molecular complexity index is 1040. The van der Waals surface area contributed by atoms with Gasteiger partial charge in [-0.25, -0.2) is 10.5 Å². The molecule has 0 saturated heterocycles. The highest BCUT2D eigenvalue weighted by Gasteiger charge is 2.13. The van der Waals surface area contributed by atoms with Crippen LogP contribution in [-0.2, 0) is 0 Å². The van der Waals surface area contributed by atoms with Crippen LogP contribution in [-0.4, -0.2) is 36.5 Å². The van der Waals surface area contributed by atoms with Gasteiger partial charge in [0.25, 0.3) is 11.5 Å². The van der Waals surface area contributed by atoms with Crippen molar-refractivity contribution in [2.45, 2.75) is 0 Å². The summed E-state index contributed by atoms with van der Waals surface area (Å²) in [6, 6.07) is 11.9. The van der Waals surface area contributed by atoms with E-state index in [1.807, 2.05) is 0 Å². The molecule has 26 heavy (non-hydrogen) atoms. The number of methoxy groups -OCH3 is 2. The maximum Gasteiger partial charge on any atom is 0.292 e. The van der Waals surface area contributed by atoms with E-state index in [1.165, 1.54) is 13.3 Å². The van der Waals surface area contributed by atoms with Gasteiger partial charge in [-0.05, 0) is 24.3 Å². The third-order valence-electron chi connectivity index (χ3n) is 3.72. The molecule has 0 radical (unpaired) electrons. The molecule has 0 fully saturated rings. The number of ether oxygens (including phenoxy) is 2. The molecular weight excluding hydrogens is 336 g/mol. The van der Waals surface area contributed by atoms with Crippen LogP contribution < -0.4 is 20.5 Å². The molecule has 0 aliphatic carbocycles. The molecule has 2 N–H and O–H groups in total. The lowest BCUT2D eigenvalue weighted by Gasteiger charge is -2.07. The molecule has 0 unspecified atom stereocenters. The Morgan fingerprint density at radius 2 is 1.92 bits per heavy atom. The highest BCUT2D eigenvalue weighted by atomic mass is 16.5. The molecular formula is C18H16N4O4. The number of carbonyl (C=O) groups excluding carboxylic acids is 1. The van der Waals surface area contributed by atoms with Crippen molar-refractivity contribution < 1.29 is 14.3 Å². The summed E-state index contributed by atoms with van der Waals surface area (Å²) < 4.78 is 10.4. The summed E-state index contributed by atoms with van der Waals surface area (Å²) in [5.74, 6) is 0.666. The van der Waals surface area contributed by atoms with Crippen molar-refractivity contribution in [2.75, 3.05) is 14.2 Å². The lowest BCUT2D eigenvalue weighted by Crippen LogP contribution is -2.22. The predicted molar refractivity (Wildman–Crippen MR) is 97.0 cm³/mol. The number of rotatable bonds is 5. The van der Waals surface area contributed by atoms with E-state index in [9.17, 15) is 9.59 Å². The molecule has 132 valence electrons. The summed E-state index contributed by atoms with van der Waals surface area (Å²) >= 11 is 0. The van der Waals surface area contributed by atoms with E-state index in [4.69, 9.17) is 9.47 Å². The van der Waals surface area contributed by atoms with Gasteiger partial charge in [0.05, 0.1) is 25.8 Å². The van der Waals surface area contributed by atoms with Crippen molar-refractivity contribution in [3.63, 3.8) is 0 Å². The number of nitrogens with zero attached hydrogens (tertiary/aromatic N) is 2. The second kappa shape index (κ2) is 7.47. The summed E-state index contributed by atoms with van der Waals surface area (Å²) in [4.78, 5) is 24.2. The fraction of sp³-hybridized carbons (Fsp3) is 0.111. The van der Waals surface area contributed by atoms with Gasteiger partial charge in [0.15, 0.2) is 5.69 Å². The minimum absolute atomic E-state index is 0.0787. The van der Waals surface area contributed by atoms with Crippen molar-refractivity contribution in [2.24, 2.45) is 5.10 Å². The topological polar surface area (TPSA) is 106 Å². The minimum atomic E-state index is -0.546. The van der Waals surface area contributed by atoms with E-state index in [0.29, 0.717) is 27.8 Å². The Kier molecular flexibility index (Phi) is 4.93. The van der Waals surface area contributed by atoms with Crippen molar-refractivity contribution in [1.29, 1.82) is 0 Å². The average Bonchev–Trinajstić information content (AvgIpc) is 2.68. The minimum Gasteiger partial charge on any atom is -0.497 e. The maximum absolute atomic E-state index is 12.4. The third kappa shape index (κ3) is 3.39. The molecule has 3 rings (SSSR count). The second-order valence-corrected chi connectivity index (χ2v) is 5.25. The smallest absolute Gasteiger partial charge is 0.292 e. The normalized spacial score (nSPS) is 10.8. The summed E-state index contributed by atoms with van der Waals surface area (Å²) in [7, 11) is 3.09. The average molecular weight is 352 g/mol. The summed E-state index contributed by atoms with van der Waals surface area (Å²) in [6.45, 7) is 0. The number of hydrogen-bond acceptors (Lipinski definition) is 6. The number of fused-ring (bicyclic) bond motifs is 1. The molecule has 1 amide bonds. The standard InChI is InChI=1S/C18H16N4O4/c1-25-12-7-8-15(26-2)11(9-12)10-19-21-18(24)16-13-5-3-4-6-14(13)17(23)22-20-16/h3-10H,1-2H3,(H,21,24)(H,22,23). The molecule has 0 spiro atoms. The number of hydrazone groups is 1. The molecule has 0 saturated carbocycles. The van der Waals surface area contributed by atoms with Gasteiger partial charge < -0.3 is 9.47 Å². The Morgan fingerprint density at radius 3 is 2.65 bits per heavy atom. The van der Waals surface area contributed by atoms with E-state index in [-0.39, 0.29) is 11.3 Å². The van der Waals surface area contributed by atoms with Gasteiger partial charge in [-0.2, -0.15) is 10.2 Å². The largest absolute Gasteiger partial charge is 0.497 e. The van der Waals surface area contributed by atoms with Crippen LogP contribution in [0.15, 0.2) is 52.4 Å². The first kappa shape index (κ1) is 17.2. The fourth-order valence-corrected chi connectivity index (χ4v) is 2.44. The van der Waals surface area contributed by atoms with Gasteiger partial charge >= 0.3 is 0 Å². The highest BCUT2D eigenvalue weighted by molar-refractivity contribution is 6.04. The van der Waals surface area contributed by atoms with Crippen molar-refractivity contribution in [3.05, 3.63) is 64.1 Å². The number of amides is 1. The summed E-state index contributed by atoms with van der Waals surface area (Å²) in [5, 5.41) is 10.9. The molecule has 2 aromatic carbocycles. The maximum atomic E-state index is 12.4. The lowest BCUT2D eigenvalue weighted by molar-refractivity contribution is 0.0951. The first-order valence-electron chi connectivity index (χ1n) is 7.67. The summed E-state index contributed by atoms with van der Waals surface area (Å²) in [6.07, 6.45) is 1.44. The fourth-order valence-electron chi connectivity index (χ4n) is 2.44. The molecule has 8 heteroatoms. The van der Waals surface area contributed by atoms with Crippen LogP contribution >= 0.6 is 0 Å². The number of aromatic amines is 1. The Hall–Kier alpha value is -3.68. The molecule has 8 nitrogen and oxygen atoms in total. The van der Waals surface area contributed by atoms with Gasteiger partial charge in [-0.3, -0.25) is 9.59 Å². The highest BCUT2D eigenvalue weighted by Crippen LogP contribution is 2.22. The van der Waals surface area contributed by atoms with Gasteiger partial charge in [-0.15, -0.1) is 0 Å². The zero-order valence-electron chi connectivity index (χ0n) is 14.1. The van der Waals surface area contributed by atoms with E-state index in [0.717, 1.165) is 0 Å². The molecule has 3 aromatic rings. The van der Waals surface area contributed by atoms with Crippen LogP contribution in [0, 0.1) is 0 Å². The van der Waals surface area contributed by atoms with Crippen LogP contribution in [0.1, 0.15) is 16.1 Å². The van der Waals surface area contributed by atoms with Crippen molar-refractivity contribution >= 4 is 22.9 Å². The molecule has 0 aliphatic heterocycles. The zero-order valence-corrected chi connectivity index (χ0v) is 14.1. The number of hydrogen-bond donors (Lipinski definition) is 2. The van der Waals surface area contributed by atoms with Crippen molar-refractivity contribution in [3.8, 4) is 11.5 Å². The zero-order chi connectivity index (χ0) is 18.5. The number of carbonyl (C=O) groups is 1. The van der Waals surface area contributed by atoms with Crippen LogP contribution in [0.5, 0.6) is 11.5 Å². The van der Waals surface area contributed by atoms with Gasteiger partial charge in [0.2, 0.25) is 0 Å². The summed E-state index contributed by atoms with van der Waals surface area (Å²) in [5.41, 5.74) is 2.75. The lowest BCUT2D eigenvalue weighted by atomic mass is 10.1. The first-order chi connectivity index (χ1) is 12.6. The second-order valence-electron chi connectivity index (χ2n) is 5.25. The van der Waals surface area contributed by atoms with Crippen LogP contribution in [0.3, 0.4) is 0 Å². The third-order valence-corrected chi connectivity index (χ3v) is 3.72. The quantitative estimate of drug-likeness (QED) is 0.537. The molecule has 0 bridgehead atoms. The molecule has 1 aromatic heterocycles. The van der Waals surface area contributed by atoms with Crippen molar-refractivity contribution in [1.82, 2.24) is 15.6 Å². The van der Waals surface area contributed by atoms with Crippen LogP contribution in [0.25, 0.3) is 10.8 Å². The molecule has 1 heterocycles. The Morgan fingerprint density at radius 1 is 1.15 bits per heavy atom. The predicted octanol–water partition coefficient (Wildman–Crippen LogP) is 1.70. The van der Waals surface area contributed by atoms with Crippen LogP contribution in [0.2, 0.25) is 0 Å². The van der Waals surface area contributed by atoms with E-state index >= 15 is 0 Å². The Balaban J connectivity index is 1.85. The van der Waals surface area contributed by atoms with E-state index in [1.54, 1.807) is 49.6 Å². The van der Waals surface area contributed by atoms with Crippen LogP contribution in [0.4, 0.5) is 0 Å². The number of H-pyrrole nitrogens is 1. The number of nitrogens with one attached hydrogen (secondary N) is 2. The van der Waals surface area contributed by atoms with E-state index < -0.39 is 5.91 Å². The SMILES string of the molecule is COc1ccc(OC)c(C=NNC(=O)c2n[nH]c(=O)c3ccccc23)c1. The monoisotopic (exact) mass is 352 g/mol. The molecule has 0 aliphatic rings. The first-order valence-corrected chi connectivity index (χ1v) is 7.67. The van der Waals surface area contributed by atoms with Gasteiger partial charge in [-0.1, -0.05) is 18.2 Å². The van der Waals surface area contributed by atoms with Gasteiger partial charge in [0.1, 0.15) is 11.5 Å². The molecule has 0 atom stereocenters. The van der Waals surface area contributed by atoms with Gasteiger partial charge in [0, 0.05) is 10.9 Å². The number of benzene rings is 2.